The van der Waals surface area contributed by atoms with E-state index in [2.05, 4.69) is 13.8 Å². The van der Waals surface area contributed by atoms with Gasteiger partial charge in [0.15, 0.2) is 0 Å². The van der Waals surface area contributed by atoms with E-state index in [0.29, 0.717) is 24.7 Å². The Morgan fingerprint density at radius 1 is 1.30 bits per heavy atom. The van der Waals surface area contributed by atoms with Gasteiger partial charge in [0.2, 0.25) is 0 Å². The molecule has 1 fully saturated rings. The van der Waals surface area contributed by atoms with Gasteiger partial charge in [-0.15, -0.1) is 0 Å². The Bertz CT molecular complexity index is 93.4. The molecule has 0 amide bonds. The van der Waals surface area contributed by atoms with E-state index in [1.165, 1.54) is 0 Å². The lowest BCUT2D eigenvalue weighted by atomic mass is 9.94. The van der Waals surface area contributed by atoms with Crippen LogP contribution in [0.3, 0.4) is 0 Å². The molecule has 0 saturated carbocycles. The van der Waals surface area contributed by atoms with E-state index in [0.717, 1.165) is 12.8 Å². The van der Waals surface area contributed by atoms with Crippen molar-refractivity contribution in [3.05, 3.63) is 0 Å². The average Bonchev–Trinajstić information content (AvgIpc) is 1.85. The molecule has 0 unspecified atom stereocenters. The number of hydrogen-bond acceptors (Lipinski definition) is 2. The summed E-state index contributed by atoms with van der Waals surface area (Å²) in [5, 5.41) is 8.87. The average molecular weight is 144 g/mol. The Kier molecular flexibility index (Phi) is 2.69. The van der Waals surface area contributed by atoms with Crippen molar-refractivity contribution in [2.75, 3.05) is 6.61 Å². The van der Waals surface area contributed by atoms with Crippen molar-refractivity contribution in [1.82, 2.24) is 0 Å². The summed E-state index contributed by atoms with van der Waals surface area (Å²) >= 11 is 0. The first kappa shape index (κ1) is 8.02. The van der Waals surface area contributed by atoms with Gasteiger partial charge in [-0.1, -0.05) is 0 Å². The predicted octanol–water partition coefficient (Wildman–Crippen LogP) is 1.18. The number of ether oxygens (including phenoxy) is 1. The van der Waals surface area contributed by atoms with Gasteiger partial charge in [0.25, 0.3) is 0 Å². The van der Waals surface area contributed by atoms with Gasteiger partial charge in [-0.05, 0) is 32.6 Å². The molecule has 0 spiro atoms. The highest BCUT2D eigenvalue weighted by molar-refractivity contribution is 4.72. The molecule has 1 heterocycles. The van der Waals surface area contributed by atoms with Crippen LogP contribution in [0.2, 0.25) is 0 Å². The Labute approximate surface area is 62.2 Å². The van der Waals surface area contributed by atoms with Gasteiger partial charge in [0.05, 0.1) is 12.2 Å². The molecule has 3 atom stereocenters. The van der Waals surface area contributed by atoms with E-state index in [4.69, 9.17) is 9.84 Å². The standard InChI is InChI=1S/C8H16O2/c1-6-3-8(5-9)4-7(2)10-6/h6-9H,3-5H2,1-2H3/t6-,7+,8-. The summed E-state index contributed by atoms with van der Waals surface area (Å²) in [6.07, 6.45) is 2.70. The van der Waals surface area contributed by atoms with Crippen LogP contribution in [0, 0.1) is 5.92 Å². The zero-order valence-electron chi connectivity index (χ0n) is 6.71. The lowest BCUT2D eigenvalue weighted by molar-refractivity contribution is -0.0612. The first-order valence-electron chi connectivity index (χ1n) is 3.98. The fraction of sp³-hybridized carbons (Fsp3) is 1.00. The quantitative estimate of drug-likeness (QED) is 0.599. The van der Waals surface area contributed by atoms with Crippen LogP contribution in [0.5, 0.6) is 0 Å². The molecule has 0 aromatic carbocycles. The summed E-state index contributed by atoms with van der Waals surface area (Å²) in [4.78, 5) is 0. The SMILES string of the molecule is C[C@@H]1C[C@@H](CO)C[C@H](C)O1. The third kappa shape index (κ3) is 1.96. The fourth-order valence-corrected chi connectivity index (χ4v) is 1.69. The lowest BCUT2D eigenvalue weighted by Crippen LogP contribution is -2.30. The predicted molar refractivity (Wildman–Crippen MR) is 39.8 cm³/mol. The number of hydrogen-bond donors (Lipinski definition) is 1. The lowest BCUT2D eigenvalue weighted by Gasteiger charge is -2.30. The van der Waals surface area contributed by atoms with Crippen LogP contribution in [0.15, 0.2) is 0 Å². The molecule has 0 aliphatic carbocycles. The zero-order valence-corrected chi connectivity index (χ0v) is 6.71. The van der Waals surface area contributed by atoms with Crippen LogP contribution in [0.1, 0.15) is 26.7 Å². The van der Waals surface area contributed by atoms with E-state index in [-0.39, 0.29) is 0 Å². The molecule has 1 aliphatic rings. The summed E-state index contributed by atoms with van der Waals surface area (Å²) in [5.41, 5.74) is 0. The third-order valence-corrected chi connectivity index (χ3v) is 2.05. The van der Waals surface area contributed by atoms with Crippen LogP contribution in [0.4, 0.5) is 0 Å². The number of aliphatic hydroxyl groups is 1. The Morgan fingerprint density at radius 3 is 2.20 bits per heavy atom. The van der Waals surface area contributed by atoms with Crippen molar-refractivity contribution in [1.29, 1.82) is 0 Å². The van der Waals surface area contributed by atoms with Crippen molar-refractivity contribution in [2.45, 2.75) is 38.9 Å². The van der Waals surface area contributed by atoms with Crippen molar-refractivity contribution < 1.29 is 9.84 Å². The molecule has 1 aliphatic heterocycles. The largest absolute Gasteiger partial charge is 0.396 e. The molecule has 0 aromatic rings. The van der Waals surface area contributed by atoms with Crippen LogP contribution in [-0.2, 0) is 4.74 Å². The topological polar surface area (TPSA) is 29.5 Å². The summed E-state index contributed by atoms with van der Waals surface area (Å²) in [6.45, 7) is 4.45. The van der Waals surface area contributed by atoms with Crippen LogP contribution in [-0.4, -0.2) is 23.9 Å². The maximum Gasteiger partial charge on any atom is 0.0554 e. The van der Waals surface area contributed by atoms with Gasteiger partial charge in [-0.3, -0.25) is 0 Å². The van der Waals surface area contributed by atoms with Crippen molar-refractivity contribution in [2.24, 2.45) is 5.92 Å². The minimum atomic E-state index is 0.318. The Hall–Kier alpha value is -0.0800. The minimum Gasteiger partial charge on any atom is -0.396 e. The Balaban J connectivity index is 2.35. The molecule has 2 heteroatoms. The molecule has 1 N–H and O–H groups in total. The third-order valence-electron chi connectivity index (χ3n) is 2.05. The molecule has 0 bridgehead atoms. The normalized spacial score (nSPS) is 41.7. The van der Waals surface area contributed by atoms with Gasteiger partial charge in [-0.25, -0.2) is 0 Å². The first-order chi connectivity index (χ1) is 4.72. The van der Waals surface area contributed by atoms with Crippen molar-refractivity contribution in [3.63, 3.8) is 0 Å². The Morgan fingerprint density at radius 2 is 1.80 bits per heavy atom. The van der Waals surface area contributed by atoms with Gasteiger partial charge >= 0.3 is 0 Å². The molecule has 1 saturated heterocycles. The molecular weight excluding hydrogens is 128 g/mol. The van der Waals surface area contributed by atoms with E-state index < -0.39 is 0 Å². The molecule has 60 valence electrons. The second kappa shape index (κ2) is 3.35. The molecule has 2 nitrogen and oxygen atoms in total. The van der Waals surface area contributed by atoms with E-state index >= 15 is 0 Å². The molecule has 0 radical (unpaired) electrons. The second-order valence-electron chi connectivity index (χ2n) is 3.28. The second-order valence-corrected chi connectivity index (χ2v) is 3.28. The van der Waals surface area contributed by atoms with Crippen LogP contribution in [0.25, 0.3) is 0 Å². The van der Waals surface area contributed by atoms with Gasteiger partial charge in [-0.2, -0.15) is 0 Å². The van der Waals surface area contributed by atoms with E-state index in [1.54, 1.807) is 0 Å². The molecule has 1 rings (SSSR count). The van der Waals surface area contributed by atoms with Gasteiger partial charge < -0.3 is 9.84 Å². The van der Waals surface area contributed by atoms with Crippen molar-refractivity contribution >= 4 is 0 Å². The van der Waals surface area contributed by atoms with Crippen LogP contribution < -0.4 is 0 Å². The maximum absolute atomic E-state index is 8.87. The fourth-order valence-electron chi connectivity index (χ4n) is 1.69. The van der Waals surface area contributed by atoms with E-state index in [9.17, 15) is 0 Å². The molecule has 0 aromatic heterocycles. The number of rotatable bonds is 1. The summed E-state index contributed by atoms with van der Waals surface area (Å²) < 4.78 is 5.51. The van der Waals surface area contributed by atoms with Crippen LogP contribution >= 0.6 is 0 Å². The van der Waals surface area contributed by atoms with Gasteiger partial charge in [0, 0.05) is 6.61 Å². The maximum atomic E-state index is 8.87. The highest BCUT2D eigenvalue weighted by Gasteiger charge is 2.23. The smallest absolute Gasteiger partial charge is 0.0554 e. The highest BCUT2D eigenvalue weighted by atomic mass is 16.5. The van der Waals surface area contributed by atoms with Gasteiger partial charge in [0.1, 0.15) is 0 Å². The van der Waals surface area contributed by atoms with E-state index in [1.807, 2.05) is 0 Å². The first-order valence-corrected chi connectivity index (χ1v) is 3.98. The van der Waals surface area contributed by atoms with Crippen molar-refractivity contribution in [3.8, 4) is 0 Å². The minimum absolute atomic E-state index is 0.318. The molecular formula is C8H16O2. The number of aliphatic hydroxyl groups excluding tert-OH is 1. The monoisotopic (exact) mass is 144 g/mol. The summed E-state index contributed by atoms with van der Waals surface area (Å²) in [6, 6.07) is 0. The zero-order chi connectivity index (χ0) is 7.56. The highest BCUT2D eigenvalue weighted by Crippen LogP contribution is 2.23. The molecule has 10 heavy (non-hydrogen) atoms. The summed E-state index contributed by atoms with van der Waals surface area (Å²) in [5.74, 6) is 0.471. The summed E-state index contributed by atoms with van der Waals surface area (Å²) in [7, 11) is 0.